The molecule has 1 atom stereocenters. The van der Waals surface area contributed by atoms with E-state index in [9.17, 15) is 13.5 Å². The Labute approximate surface area is 97.2 Å². The molecule has 0 aromatic heterocycles. The van der Waals surface area contributed by atoms with E-state index in [-0.39, 0.29) is 0 Å². The second kappa shape index (κ2) is 4.97. The van der Waals surface area contributed by atoms with E-state index in [2.05, 4.69) is 10.0 Å². The maximum absolute atomic E-state index is 12.0. The summed E-state index contributed by atoms with van der Waals surface area (Å²) in [4.78, 5) is 0. The van der Waals surface area contributed by atoms with Gasteiger partial charge in [-0.3, -0.25) is 0 Å². The fraction of sp³-hybridized carbons (Fsp3) is 1.00. The van der Waals surface area contributed by atoms with E-state index < -0.39 is 21.9 Å². The smallest absolute Gasteiger partial charge is 0.280 e. The van der Waals surface area contributed by atoms with Crippen molar-refractivity contribution in [3.05, 3.63) is 0 Å². The van der Waals surface area contributed by atoms with Crippen LogP contribution in [0.2, 0.25) is 0 Å². The minimum absolute atomic E-state index is 0.464. The van der Waals surface area contributed by atoms with Crippen molar-refractivity contribution in [2.24, 2.45) is 0 Å². The number of hydrogen-bond acceptors (Lipinski definition) is 4. The summed E-state index contributed by atoms with van der Waals surface area (Å²) in [7, 11) is -3.50. The Morgan fingerprint density at radius 1 is 1.38 bits per heavy atom. The van der Waals surface area contributed by atoms with E-state index in [0.717, 1.165) is 0 Å². The van der Waals surface area contributed by atoms with Gasteiger partial charge in [-0.15, -0.1) is 0 Å². The average Bonchev–Trinajstić information content (AvgIpc) is 2.17. The van der Waals surface area contributed by atoms with Gasteiger partial charge in [0.15, 0.2) is 0 Å². The van der Waals surface area contributed by atoms with Crippen LogP contribution in [-0.4, -0.2) is 55.7 Å². The van der Waals surface area contributed by atoms with Gasteiger partial charge in [0.25, 0.3) is 10.2 Å². The maximum atomic E-state index is 12.0. The van der Waals surface area contributed by atoms with Gasteiger partial charge in [0, 0.05) is 26.2 Å². The molecule has 0 saturated carbocycles. The van der Waals surface area contributed by atoms with Crippen LogP contribution < -0.4 is 10.0 Å². The Bertz CT molecular complexity index is 321. The quantitative estimate of drug-likeness (QED) is 0.591. The first kappa shape index (κ1) is 13.9. The summed E-state index contributed by atoms with van der Waals surface area (Å²) in [5, 5.41) is 12.6. The standard InChI is InChI=1S/C9H21N3O3S/c1-8(13)9(2,3)11-16(14,15)12-6-4-10-5-7-12/h8,10-11,13H,4-7H2,1-3H3. The van der Waals surface area contributed by atoms with Gasteiger partial charge in [-0.2, -0.15) is 17.4 Å². The molecule has 7 heteroatoms. The zero-order valence-corrected chi connectivity index (χ0v) is 10.8. The lowest BCUT2D eigenvalue weighted by molar-refractivity contribution is 0.110. The summed E-state index contributed by atoms with van der Waals surface area (Å²) in [6, 6.07) is 0. The molecule has 0 radical (unpaired) electrons. The molecular weight excluding hydrogens is 230 g/mol. The first-order valence-corrected chi connectivity index (χ1v) is 6.87. The van der Waals surface area contributed by atoms with Gasteiger partial charge in [-0.1, -0.05) is 0 Å². The maximum Gasteiger partial charge on any atom is 0.280 e. The van der Waals surface area contributed by atoms with Crippen LogP contribution >= 0.6 is 0 Å². The van der Waals surface area contributed by atoms with Crippen LogP contribution in [0, 0.1) is 0 Å². The molecule has 0 aromatic carbocycles. The number of nitrogens with one attached hydrogen (secondary N) is 2. The lowest BCUT2D eigenvalue weighted by Gasteiger charge is -2.34. The summed E-state index contributed by atoms with van der Waals surface area (Å²) in [5.41, 5.74) is -0.857. The van der Waals surface area contributed by atoms with E-state index in [1.807, 2.05) is 0 Å². The highest BCUT2D eigenvalue weighted by Crippen LogP contribution is 2.12. The molecule has 1 fully saturated rings. The molecule has 1 saturated heterocycles. The van der Waals surface area contributed by atoms with Crippen molar-refractivity contribution in [3.8, 4) is 0 Å². The molecule has 0 amide bonds. The van der Waals surface area contributed by atoms with Gasteiger partial charge in [0.2, 0.25) is 0 Å². The molecule has 1 aliphatic heterocycles. The molecule has 1 rings (SSSR count). The van der Waals surface area contributed by atoms with Gasteiger partial charge in [-0.05, 0) is 20.8 Å². The summed E-state index contributed by atoms with van der Waals surface area (Å²) >= 11 is 0. The van der Waals surface area contributed by atoms with Gasteiger partial charge < -0.3 is 10.4 Å². The number of nitrogens with zero attached hydrogens (tertiary/aromatic N) is 1. The highest BCUT2D eigenvalue weighted by molar-refractivity contribution is 7.87. The van der Waals surface area contributed by atoms with Crippen molar-refractivity contribution in [1.29, 1.82) is 0 Å². The minimum Gasteiger partial charge on any atom is -0.391 e. The molecule has 3 N–H and O–H groups in total. The van der Waals surface area contributed by atoms with E-state index >= 15 is 0 Å². The topological polar surface area (TPSA) is 81.7 Å². The third-order valence-electron chi connectivity index (χ3n) is 2.85. The van der Waals surface area contributed by atoms with Crippen LogP contribution in [0.5, 0.6) is 0 Å². The average molecular weight is 251 g/mol. The molecule has 1 aliphatic rings. The van der Waals surface area contributed by atoms with Crippen molar-refractivity contribution in [1.82, 2.24) is 14.3 Å². The van der Waals surface area contributed by atoms with Crippen molar-refractivity contribution < 1.29 is 13.5 Å². The van der Waals surface area contributed by atoms with Crippen LogP contribution in [-0.2, 0) is 10.2 Å². The largest absolute Gasteiger partial charge is 0.391 e. The molecule has 0 aliphatic carbocycles. The zero-order chi connectivity index (χ0) is 12.4. The summed E-state index contributed by atoms with van der Waals surface area (Å²) < 4.78 is 27.9. The molecule has 0 bridgehead atoms. The van der Waals surface area contributed by atoms with Crippen molar-refractivity contribution in [3.63, 3.8) is 0 Å². The normalized spacial score (nSPS) is 22.0. The van der Waals surface area contributed by atoms with Crippen LogP contribution in [0.15, 0.2) is 0 Å². The van der Waals surface area contributed by atoms with E-state index in [1.165, 1.54) is 4.31 Å². The number of aliphatic hydroxyl groups excluding tert-OH is 1. The fourth-order valence-corrected chi connectivity index (χ4v) is 2.99. The predicted molar refractivity (Wildman–Crippen MR) is 62.3 cm³/mol. The van der Waals surface area contributed by atoms with Crippen LogP contribution in [0.3, 0.4) is 0 Å². The summed E-state index contributed by atoms with van der Waals surface area (Å²) in [5.74, 6) is 0. The van der Waals surface area contributed by atoms with E-state index in [4.69, 9.17) is 0 Å². The molecule has 0 spiro atoms. The molecule has 0 aromatic rings. The first-order valence-electron chi connectivity index (χ1n) is 5.43. The Kier molecular flexibility index (Phi) is 4.30. The Balaban J connectivity index is 2.71. The minimum atomic E-state index is -3.50. The van der Waals surface area contributed by atoms with Gasteiger partial charge >= 0.3 is 0 Å². The van der Waals surface area contributed by atoms with Gasteiger partial charge in [-0.25, -0.2) is 0 Å². The Morgan fingerprint density at radius 3 is 2.31 bits per heavy atom. The SMILES string of the molecule is CC(O)C(C)(C)NS(=O)(=O)N1CCNCC1. The Morgan fingerprint density at radius 2 is 1.88 bits per heavy atom. The van der Waals surface area contributed by atoms with Crippen molar-refractivity contribution in [2.45, 2.75) is 32.4 Å². The van der Waals surface area contributed by atoms with E-state index in [1.54, 1.807) is 20.8 Å². The highest BCUT2D eigenvalue weighted by atomic mass is 32.2. The van der Waals surface area contributed by atoms with Crippen molar-refractivity contribution in [2.75, 3.05) is 26.2 Å². The van der Waals surface area contributed by atoms with Gasteiger partial charge in [0.05, 0.1) is 11.6 Å². The molecular formula is C9H21N3O3S. The second-order valence-electron chi connectivity index (χ2n) is 4.65. The zero-order valence-electron chi connectivity index (χ0n) is 10.0. The van der Waals surface area contributed by atoms with Gasteiger partial charge in [0.1, 0.15) is 0 Å². The molecule has 16 heavy (non-hydrogen) atoms. The lowest BCUT2D eigenvalue weighted by atomic mass is 10.0. The number of aliphatic hydroxyl groups is 1. The predicted octanol–water partition coefficient (Wildman–Crippen LogP) is -1.11. The number of piperazine rings is 1. The summed E-state index contributed by atoms with van der Waals surface area (Å²) in [6.07, 6.45) is -0.745. The third kappa shape index (κ3) is 3.39. The Hall–Kier alpha value is -0.210. The monoisotopic (exact) mass is 251 g/mol. The molecule has 1 unspecified atom stereocenters. The third-order valence-corrected chi connectivity index (χ3v) is 4.68. The van der Waals surface area contributed by atoms with Crippen molar-refractivity contribution >= 4 is 10.2 Å². The number of hydrogen-bond donors (Lipinski definition) is 3. The number of rotatable bonds is 4. The van der Waals surface area contributed by atoms with E-state index in [0.29, 0.717) is 26.2 Å². The second-order valence-corrected chi connectivity index (χ2v) is 6.32. The van der Waals surface area contributed by atoms with Crippen LogP contribution in [0.1, 0.15) is 20.8 Å². The molecule has 96 valence electrons. The molecule has 1 heterocycles. The summed E-state index contributed by atoms with van der Waals surface area (Å²) in [6.45, 7) is 7.15. The molecule has 6 nitrogen and oxygen atoms in total. The highest BCUT2D eigenvalue weighted by Gasteiger charge is 2.33. The van der Waals surface area contributed by atoms with Crippen LogP contribution in [0.4, 0.5) is 0 Å². The first-order chi connectivity index (χ1) is 7.26. The lowest BCUT2D eigenvalue weighted by Crippen LogP contribution is -2.58. The fourth-order valence-electron chi connectivity index (χ4n) is 1.37. The van der Waals surface area contributed by atoms with Crippen LogP contribution in [0.25, 0.3) is 0 Å².